The molecular weight excluding hydrogens is 252 g/mol. The summed E-state index contributed by atoms with van der Waals surface area (Å²) in [4.78, 5) is 11.8. The molecule has 106 valence electrons. The van der Waals surface area contributed by atoms with Crippen LogP contribution in [0.3, 0.4) is 0 Å². The molecule has 1 rings (SSSR count). The minimum absolute atomic E-state index is 0.0947. The van der Waals surface area contributed by atoms with E-state index in [-0.39, 0.29) is 12.2 Å². The zero-order chi connectivity index (χ0) is 14.4. The summed E-state index contributed by atoms with van der Waals surface area (Å²) in [7, 11) is 0. The first-order valence-corrected chi connectivity index (χ1v) is 6.06. The monoisotopic (exact) mass is 270 g/mol. The zero-order valence-electron chi connectivity index (χ0n) is 10.7. The molecule has 0 aromatic heterocycles. The Morgan fingerprint density at radius 3 is 2.32 bits per heavy atom. The third kappa shape index (κ3) is 4.03. The fourth-order valence-electron chi connectivity index (χ4n) is 1.56. The quantitative estimate of drug-likeness (QED) is 0.461. The molecule has 0 saturated heterocycles. The van der Waals surface area contributed by atoms with Crippen molar-refractivity contribution in [2.24, 2.45) is 0 Å². The molecule has 1 atom stereocenters. The van der Waals surface area contributed by atoms with E-state index in [4.69, 9.17) is 14.9 Å². The number of benzene rings is 1. The van der Waals surface area contributed by atoms with E-state index in [1.807, 2.05) is 6.92 Å². The van der Waals surface area contributed by atoms with Crippen molar-refractivity contribution in [2.45, 2.75) is 32.3 Å². The molecule has 4 N–H and O–H groups in total. The second kappa shape index (κ2) is 6.84. The number of esters is 1. The topological polar surface area (TPSA) is 107 Å². The molecule has 0 fully saturated rings. The Labute approximate surface area is 110 Å². The number of unbranched alkanes of at least 4 members (excludes halogenated alkanes) is 1. The van der Waals surface area contributed by atoms with Gasteiger partial charge in [-0.3, -0.25) is 0 Å². The van der Waals surface area contributed by atoms with Crippen LogP contribution in [0, 0.1) is 0 Å². The fraction of sp³-hybridized carbons (Fsp3) is 0.462. The first-order chi connectivity index (χ1) is 8.99. The van der Waals surface area contributed by atoms with E-state index >= 15 is 0 Å². The van der Waals surface area contributed by atoms with Crippen molar-refractivity contribution in [1.29, 1.82) is 0 Å². The summed E-state index contributed by atoms with van der Waals surface area (Å²) in [5.74, 6) is -2.69. The van der Waals surface area contributed by atoms with E-state index in [1.165, 1.54) is 0 Å². The summed E-state index contributed by atoms with van der Waals surface area (Å²) < 4.78 is 5.04. The maximum absolute atomic E-state index is 11.8. The van der Waals surface area contributed by atoms with Crippen molar-refractivity contribution in [3.8, 4) is 17.2 Å². The van der Waals surface area contributed by atoms with Gasteiger partial charge in [0.25, 0.3) is 0 Å². The molecule has 0 spiro atoms. The second-order valence-electron chi connectivity index (χ2n) is 4.22. The molecular formula is C13H18O6. The van der Waals surface area contributed by atoms with Gasteiger partial charge in [-0.25, -0.2) is 4.79 Å². The number of aromatic hydroxyl groups is 3. The first-order valence-electron chi connectivity index (χ1n) is 6.06. The summed E-state index contributed by atoms with van der Waals surface area (Å²) in [5.41, 5.74) is -0.0947. The van der Waals surface area contributed by atoms with Crippen LogP contribution < -0.4 is 0 Å². The number of hydrogen-bond acceptors (Lipinski definition) is 6. The minimum atomic E-state index is -0.777. The van der Waals surface area contributed by atoms with Gasteiger partial charge in [0.2, 0.25) is 0 Å². The Hall–Kier alpha value is -1.95. The smallest absolute Gasteiger partial charge is 0.338 e. The van der Waals surface area contributed by atoms with E-state index in [2.05, 4.69) is 0 Å². The highest BCUT2D eigenvalue weighted by molar-refractivity contribution is 5.91. The second-order valence-corrected chi connectivity index (χ2v) is 4.22. The molecule has 19 heavy (non-hydrogen) atoms. The summed E-state index contributed by atoms with van der Waals surface area (Å²) in [6.07, 6.45) is 1.64. The van der Waals surface area contributed by atoms with Crippen molar-refractivity contribution in [2.75, 3.05) is 6.61 Å². The zero-order valence-corrected chi connectivity index (χ0v) is 10.7. The molecule has 0 saturated carbocycles. The molecule has 1 unspecified atom stereocenters. The Morgan fingerprint density at radius 2 is 1.84 bits per heavy atom. The Morgan fingerprint density at radius 1 is 1.26 bits per heavy atom. The third-order valence-electron chi connectivity index (χ3n) is 2.66. The van der Waals surface area contributed by atoms with Crippen molar-refractivity contribution < 1.29 is 30.0 Å². The fourth-order valence-corrected chi connectivity index (χ4v) is 1.56. The van der Waals surface area contributed by atoms with Crippen LogP contribution in [0.5, 0.6) is 17.2 Å². The molecule has 1 aromatic rings. The maximum atomic E-state index is 11.8. The molecule has 0 aliphatic carbocycles. The lowest BCUT2D eigenvalue weighted by molar-refractivity contribution is 0.0108. The average molecular weight is 270 g/mol. The van der Waals surface area contributed by atoms with Crippen LogP contribution in [0.15, 0.2) is 12.1 Å². The SMILES string of the molecule is CCCCC(CO)OC(=O)c1cc(O)c(O)c(O)c1. The van der Waals surface area contributed by atoms with Crippen LogP contribution in [0.1, 0.15) is 36.5 Å². The van der Waals surface area contributed by atoms with Crippen molar-refractivity contribution >= 4 is 5.97 Å². The molecule has 0 aliphatic rings. The third-order valence-corrected chi connectivity index (χ3v) is 2.66. The summed E-state index contributed by atoms with van der Waals surface area (Å²) >= 11 is 0. The first kappa shape index (κ1) is 15.1. The highest BCUT2D eigenvalue weighted by atomic mass is 16.6. The molecule has 0 radical (unpaired) electrons. The standard InChI is InChI=1S/C13H18O6/c1-2-3-4-9(7-14)19-13(18)8-5-10(15)12(17)11(16)6-8/h5-6,9,14-17H,2-4,7H2,1H3. The van der Waals surface area contributed by atoms with Crippen LogP contribution in [-0.4, -0.2) is 39.1 Å². The Kier molecular flexibility index (Phi) is 5.44. The van der Waals surface area contributed by atoms with Crippen LogP contribution in [0.25, 0.3) is 0 Å². The molecule has 0 heterocycles. The van der Waals surface area contributed by atoms with Crippen molar-refractivity contribution in [1.82, 2.24) is 0 Å². The van der Waals surface area contributed by atoms with Crippen LogP contribution in [0.2, 0.25) is 0 Å². The van der Waals surface area contributed by atoms with Gasteiger partial charge in [0.05, 0.1) is 12.2 Å². The lowest BCUT2D eigenvalue weighted by atomic mass is 10.1. The summed E-state index contributed by atoms with van der Waals surface area (Å²) in [6.45, 7) is 1.69. The van der Waals surface area contributed by atoms with Gasteiger partial charge < -0.3 is 25.2 Å². The number of rotatable bonds is 6. The van der Waals surface area contributed by atoms with Gasteiger partial charge in [-0.1, -0.05) is 13.3 Å². The normalized spacial score (nSPS) is 12.1. The van der Waals surface area contributed by atoms with Gasteiger partial charge in [0, 0.05) is 0 Å². The maximum Gasteiger partial charge on any atom is 0.338 e. The highest BCUT2D eigenvalue weighted by Crippen LogP contribution is 2.35. The van der Waals surface area contributed by atoms with Gasteiger partial charge >= 0.3 is 5.97 Å². The Bertz CT molecular complexity index is 420. The van der Waals surface area contributed by atoms with E-state index in [9.17, 15) is 15.0 Å². The number of ether oxygens (including phenoxy) is 1. The lowest BCUT2D eigenvalue weighted by Crippen LogP contribution is -2.22. The van der Waals surface area contributed by atoms with Gasteiger partial charge in [0.15, 0.2) is 17.2 Å². The van der Waals surface area contributed by atoms with Gasteiger partial charge in [-0.05, 0) is 25.0 Å². The van der Waals surface area contributed by atoms with Gasteiger partial charge in [-0.2, -0.15) is 0 Å². The number of carbonyl (C=O) groups excluding carboxylic acids is 1. The predicted octanol–water partition coefficient (Wildman–Crippen LogP) is 1.51. The van der Waals surface area contributed by atoms with Crippen LogP contribution >= 0.6 is 0 Å². The van der Waals surface area contributed by atoms with E-state index in [1.54, 1.807) is 0 Å². The van der Waals surface area contributed by atoms with Crippen LogP contribution in [-0.2, 0) is 4.74 Å². The van der Waals surface area contributed by atoms with Crippen LogP contribution in [0.4, 0.5) is 0 Å². The molecule has 0 bridgehead atoms. The molecule has 0 aliphatic heterocycles. The summed E-state index contributed by atoms with van der Waals surface area (Å²) in [5, 5.41) is 36.8. The van der Waals surface area contributed by atoms with Gasteiger partial charge in [0.1, 0.15) is 6.10 Å². The van der Waals surface area contributed by atoms with Crippen molar-refractivity contribution in [3.05, 3.63) is 17.7 Å². The molecule has 0 amide bonds. The number of aliphatic hydroxyl groups is 1. The highest BCUT2D eigenvalue weighted by Gasteiger charge is 2.18. The predicted molar refractivity (Wildman–Crippen MR) is 67.3 cm³/mol. The molecule has 6 nitrogen and oxygen atoms in total. The number of phenolic OH excluding ortho intramolecular Hbond substituents is 3. The number of hydrogen-bond donors (Lipinski definition) is 4. The minimum Gasteiger partial charge on any atom is -0.504 e. The van der Waals surface area contributed by atoms with Gasteiger partial charge in [-0.15, -0.1) is 0 Å². The summed E-state index contributed by atoms with van der Waals surface area (Å²) in [6, 6.07) is 1.98. The molecule has 6 heteroatoms. The van der Waals surface area contributed by atoms with E-state index in [0.717, 1.165) is 25.0 Å². The van der Waals surface area contributed by atoms with Crippen molar-refractivity contribution in [3.63, 3.8) is 0 Å². The van der Waals surface area contributed by atoms with E-state index in [0.29, 0.717) is 6.42 Å². The largest absolute Gasteiger partial charge is 0.504 e. The average Bonchev–Trinajstić information content (AvgIpc) is 2.39. The number of aliphatic hydroxyl groups excluding tert-OH is 1. The lowest BCUT2D eigenvalue weighted by Gasteiger charge is -2.15. The number of carbonyl (C=O) groups is 1. The van der Waals surface area contributed by atoms with E-state index < -0.39 is 29.3 Å². The Balaban J connectivity index is 2.77. The number of phenols is 3. The molecule has 1 aromatic carbocycles.